The summed E-state index contributed by atoms with van der Waals surface area (Å²) in [5.74, 6) is -2.33. The summed E-state index contributed by atoms with van der Waals surface area (Å²) in [4.78, 5) is 27.3. The number of esters is 1. The monoisotopic (exact) mass is 508 g/mol. The van der Waals surface area contributed by atoms with Gasteiger partial charge in [-0.15, -0.1) is 0 Å². The Morgan fingerprint density at radius 1 is 1.09 bits per heavy atom. The van der Waals surface area contributed by atoms with Crippen LogP contribution < -0.4 is 4.18 Å². The van der Waals surface area contributed by atoms with E-state index in [-0.39, 0.29) is 34.0 Å². The molecule has 0 atom stereocenters. The Bertz CT molecular complexity index is 1580. The van der Waals surface area contributed by atoms with E-state index in [4.69, 9.17) is 4.74 Å². The number of hydrogen-bond acceptors (Lipinski definition) is 7. The number of carbonyl (C=O) groups excluding carboxylic acids is 1. The molecule has 0 fully saturated rings. The lowest BCUT2D eigenvalue weighted by molar-refractivity contribution is -0.382. The smallest absolute Gasteiger partial charge is 0.462 e. The fourth-order valence-electron chi connectivity index (χ4n) is 3.74. The highest BCUT2D eigenvalue weighted by Gasteiger charge is 2.50. The minimum Gasteiger partial charge on any atom is -0.462 e. The summed E-state index contributed by atoms with van der Waals surface area (Å²) in [6, 6.07) is 13.2. The third-order valence-corrected chi connectivity index (χ3v) is 6.04. The molecule has 0 spiro atoms. The number of alkyl halides is 3. The number of para-hydroxylation sites is 1. The van der Waals surface area contributed by atoms with Crippen LogP contribution >= 0.6 is 0 Å². The van der Waals surface area contributed by atoms with Crippen molar-refractivity contribution in [3.63, 3.8) is 0 Å². The Morgan fingerprint density at radius 3 is 2.31 bits per heavy atom. The third kappa shape index (κ3) is 4.03. The number of aromatic nitrogens is 1. The molecule has 0 saturated carbocycles. The van der Waals surface area contributed by atoms with Gasteiger partial charge in [-0.2, -0.15) is 21.6 Å². The third-order valence-electron chi connectivity index (χ3n) is 5.08. The SMILES string of the molecule is CCOC(=O)c1c(-c2ccccc2)c([N+](=O)[O-])c2[nH]c3ccccc3c2c1OS(=O)(=O)C(F)(F)F. The molecule has 4 rings (SSSR count). The number of nitro groups is 1. The van der Waals surface area contributed by atoms with E-state index in [9.17, 15) is 36.5 Å². The number of carbonyl (C=O) groups is 1. The van der Waals surface area contributed by atoms with E-state index in [1.165, 1.54) is 49.4 Å². The van der Waals surface area contributed by atoms with Crippen molar-refractivity contribution in [3.8, 4) is 16.9 Å². The zero-order valence-corrected chi connectivity index (χ0v) is 18.6. The first-order valence-corrected chi connectivity index (χ1v) is 11.4. The van der Waals surface area contributed by atoms with Gasteiger partial charge in [0.05, 0.1) is 22.5 Å². The molecule has 0 aliphatic rings. The van der Waals surface area contributed by atoms with Crippen molar-refractivity contribution in [2.75, 3.05) is 6.61 Å². The summed E-state index contributed by atoms with van der Waals surface area (Å²) in [5, 5.41) is 12.0. The molecule has 13 heteroatoms. The van der Waals surface area contributed by atoms with Crippen molar-refractivity contribution in [2.45, 2.75) is 12.4 Å². The van der Waals surface area contributed by atoms with E-state index in [1.807, 2.05) is 0 Å². The van der Waals surface area contributed by atoms with Crippen LogP contribution in [0.15, 0.2) is 54.6 Å². The zero-order chi connectivity index (χ0) is 25.5. The lowest BCUT2D eigenvalue weighted by Crippen LogP contribution is -2.29. The van der Waals surface area contributed by atoms with Crippen LogP contribution in [0.5, 0.6) is 5.75 Å². The topological polar surface area (TPSA) is 129 Å². The van der Waals surface area contributed by atoms with Crippen LogP contribution in [0.1, 0.15) is 17.3 Å². The second-order valence-electron chi connectivity index (χ2n) is 7.18. The van der Waals surface area contributed by atoms with Crippen LogP contribution in [-0.2, 0) is 14.9 Å². The summed E-state index contributed by atoms with van der Waals surface area (Å²) in [6.45, 7) is 1.16. The highest BCUT2D eigenvalue weighted by molar-refractivity contribution is 7.88. The molecule has 0 aliphatic heterocycles. The van der Waals surface area contributed by atoms with Crippen molar-refractivity contribution in [2.24, 2.45) is 0 Å². The molecule has 1 aromatic heterocycles. The number of hydrogen-bond donors (Lipinski definition) is 1. The van der Waals surface area contributed by atoms with Gasteiger partial charge in [0.1, 0.15) is 11.1 Å². The van der Waals surface area contributed by atoms with Crippen LogP contribution in [0.4, 0.5) is 18.9 Å². The normalized spacial score (nSPS) is 12.1. The highest BCUT2D eigenvalue weighted by Crippen LogP contribution is 2.49. The van der Waals surface area contributed by atoms with E-state index in [1.54, 1.807) is 12.1 Å². The van der Waals surface area contributed by atoms with Crippen molar-refractivity contribution >= 4 is 43.6 Å². The lowest BCUT2D eigenvalue weighted by atomic mass is 9.93. The van der Waals surface area contributed by atoms with Crippen molar-refractivity contribution in [3.05, 3.63) is 70.3 Å². The maximum Gasteiger partial charge on any atom is 0.534 e. The average molecular weight is 508 g/mol. The fourth-order valence-corrected chi connectivity index (χ4v) is 4.22. The molecule has 0 amide bonds. The number of H-pyrrole nitrogens is 1. The first-order valence-electron chi connectivity index (χ1n) is 9.96. The Balaban J connectivity index is 2.30. The van der Waals surface area contributed by atoms with Crippen LogP contribution in [0.2, 0.25) is 0 Å². The second-order valence-corrected chi connectivity index (χ2v) is 8.71. The van der Waals surface area contributed by atoms with Gasteiger partial charge in [-0.3, -0.25) is 10.1 Å². The first kappa shape index (κ1) is 24.0. The fraction of sp³-hybridized carbons (Fsp3) is 0.136. The number of rotatable bonds is 6. The number of halogens is 3. The Labute approximate surface area is 195 Å². The molecule has 182 valence electrons. The molecule has 35 heavy (non-hydrogen) atoms. The largest absolute Gasteiger partial charge is 0.534 e. The molecule has 0 saturated heterocycles. The van der Waals surface area contributed by atoms with Crippen LogP contribution in [0, 0.1) is 10.1 Å². The molecule has 0 unspecified atom stereocenters. The molecule has 0 bridgehead atoms. The van der Waals surface area contributed by atoms with E-state index < -0.39 is 49.1 Å². The minimum absolute atomic E-state index is 0.0528. The predicted octanol–water partition coefficient (Wildman–Crippen LogP) is 5.30. The Morgan fingerprint density at radius 2 is 1.71 bits per heavy atom. The van der Waals surface area contributed by atoms with Gasteiger partial charge < -0.3 is 13.9 Å². The molecule has 9 nitrogen and oxygen atoms in total. The molecule has 1 heterocycles. The highest BCUT2D eigenvalue weighted by atomic mass is 32.2. The van der Waals surface area contributed by atoms with Crippen molar-refractivity contribution in [1.29, 1.82) is 0 Å². The molecule has 1 N–H and O–H groups in total. The van der Waals surface area contributed by atoms with Gasteiger partial charge in [0, 0.05) is 10.9 Å². The van der Waals surface area contributed by atoms with E-state index in [2.05, 4.69) is 9.17 Å². The van der Waals surface area contributed by atoms with Crippen LogP contribution in [0.25, 0.3) is 32.9 Å². The van der Waals surface area contributed by atoms with Gasteiger partial charge in [0.25, 0.3) is 0 Å². The zero-order valence-electron chi connectivity index (χ0n) is 17.8. The van der Waals surface area contributed by atoms with E-state index >= 15 is 0 Å². The maximum atomic E-state index is 13.3. The quantitative estimate of drug-likeness (QED) is 0.123. The minimum atomic E-state index is -6.28. The van der Waals surface area contributed by atoms with Crippen LogP contribution in [-0.4, -0.2) is 36.4 Å². The van der Waals surface area contributed by atoms with Crippen LogP contribution in [0.3, 0.4) is 0 Å². The molecular formula is C22H15F3N2O7S. The maximum absolute atomic E-state index is 13.3. The molecule has 4 aromatic rings. The number of aromatic amines is 1. The van der Waals surface area contributed by atoms with Gasteiger partial charge in [0.2, 0.25) is 0 Å². The predicted molar refractivity (Wildman–Crippen MR) is 119 cm³/mol. The second kappa shape index (κ2) is 8.58. The number of fused-ring (bicyclic) bond motifs is 3. The summed E-state index contributed by atoms with van der Waals surface area (Å²) >= 11 is 0. The number of nitro benzene ring substituents is 1. The van der Waals surface area contributed by atoms with Gasteiger partial charge in [-0.05, 0) is 18.6 Å². The Kier molecular flexibility index (Phi) is 5.88. The standard InChI is InChI=1S/C22H15F3N2O7S/c1-2-33-21(28)17-15(12-8-4-3-5-9-12)19(27(29)30)18-16(13-10-6-7-11-14(13)26-18)20(17)34-35(31,32)22(23,24)25/h3-11,26H,2H2,1H3. The van der Waals surface area contributed by atoms with Gasteiger partial charge >= 0.3 is 27.3 Å². The average Bonchev–Trinajstić information content (AvgIpc) is 3.17. The number of ether oxygens (including phenoxy) is 1. The molecule has 3 aromatic carbocycles. The Hall–Kier alpha value is -4.13. The molecule has 0 radical (unpaired) electrons. The number of nitrogens with zero attached hydrogens (tertiary/aromatic N) is 1. The van der Waals surface area contributed by atoms with E-state index in [0.29, 0.717) is 0 Å². The summed E-state index contributed by atoms with van der Waals surface area (Å²) in [5.41, 5.74) is -7.82. The van der Waals surface area contributed by atoms with Gasteiger partial charge in [-0.1, -0.05) is 48.5 Å². The number of benzene rings is 3. The molecule has 0 aliphatic carbocycles. The summed E-state index contributed by atoms with van der Waals surface area (Å²) < 4.78 is 73.7. The van der Waals surface area contributed by atoms with Gasteiger partial charge in [-0.25, -0.2) is 4.79 Å². The number of nitrogens with one attached hydrogen (secondary N) is 1. The lowest BCUT2D eigenvalue weighted by Gasteiger charge is -2.17. The van der Waals surface area contributed by atoms with Gasteiger partial charge in [0.15, 0.2) is 5.75 Å². The summed E-state index contributed by atoms with van der Waals surface area (Å²) in [6.07, 6.45) is 0. The van der Waals surface area contributed by atoms with Crippen molar-refractivity contribution < 1.29 is 40.2 Å². The van der Waals surface area contributed by atoms with Crippen molar-refractivity contribution in [1.82, 2.24) is 4.98 Å². The molecular weight excluding hydrogens is 493 g/mol. The first-order chi connectivity index (χ1) is 16.5. The summed E-state index contributed by atoms with van der Waals surface area (Å²) in [7, 11) is -6.28. The van der Waals surface area contributed by atoms with E-state index in [0.717, 1.165) is 0 Å².